The summed E-state index contributed by atoms with van der Waals surface area (Å²) < 4.78 is 0. The summed E-state index contributed by atoms with van der Waals surface area (Å²) in [6.45, 7) is 6.06. The number of thioether (sulfide) groups is 1. The van der Waals surface area contributed by atoms with E-state index in [9.17, 15) is 9.90 Å². The Morgan fingerprint density at radius 1 is 1.38 bits per heavy atom. The van der Waals surface area contributed by atoms with Crippen molar-refractivity contribution in [2.24, 2.45) is 4.99 Å². The number of hydrazine groups is 1. The highest BCUT2D eigenvalue weighted by molar-refractivity contribution is 8.18. The van der Waals surface area contributed by atoms with Crippen LogP contribution >= 0.6 is 23.1 Å². The number of para-hydroxylation sites is 1. The second-order valence-corrected chi connectivity index (χ2v) is 7.24. The van der Waals surface area contributed by atoms with Gasteiger partial charge >= 0.3 is 0 Å². The number of nitrogens with one attached hydrogen (secondary N) is 1. The van der Waals surface area contributed by atoms with Crippen LogP contribution in [0.3, 0.4) is 0 Å². The molecule has 2 heterocycles. The quantitative estimate of drug-likeness (QED) is 0.585. The fourth-order valence-electron chi connectivity index (χ4n) is 2.11. The van der Waals surface area contributed by atoms with Gasteiger partial charge in [0.25, 0.3) is 5.91 Å². The molecule has 134 valence electrons. The van der Waals surface area contributed by atoms with Gasteiger partial charge in [-0.05, 0) is 30.3 Å². The second kappa shape index (κ2) is 8.26. The number of carbonyl (C=O) groups excluding carboxylic acids is 1. The van der Waals surface area contributed by atoms with Gasteiger partial charge in [-0.2, -0.15) is 4.99 Å². The molecule has 0 bridgehead atoms. The highest BCUT2D eigenvalue weighted by atomic mass is 32.2. The smallest absolute Gasteiger partial charge is 0.281 e. The Morgan fingerprint density at radius 2 is 2.19 bits per heavy atom. The fourth-order valence-corrected chi connectivity index (χ4v) is 3.75. The zero-order valence-electron chi connectivity index (χ0n) is 14.0. The van der Waals surface area contributed by atoms with E-state index in [0.29, 0.717) is 27.3 Å². The molecule has 7 nitrogen and oxygen atoms in total. The molecule has 0 atom stereocenters. The number of amidine groups is 1. The maximum Gasteiger partial charge on any atom is 0.281 e. The summed E-state index contributed by atoms with van der Waals surface area (Å²) in [5, 5.41) is 21.2. The van der Waals surface area contributed by atoms with Gasteiger partial charge in [0.1, 0.15) is 10.8 Å². The molecule has 26 heavy (non-hydrogen) atoms. The average Bonchev–Trinajstić information content (AvgIpc) is 3.21. The number of aromatic nitrogens is 2. The number of aromatic hydroxyl groups is 1. The molecule has 1 fully saturated rings. The predicted molar refractivity (Wildman–Crippen MR) is 105 cm³/mol. The first-order valence-electron chi connectivity index (χ1n) is 7.89. The zero-order valence-corrected chi connectivity index (χ0v) is 15.7. The number of phenols is 1. The van der Waals surface area contributed by atoms with Crippen molar-refractivity contribution in [3.63, 3.8) is 0 Å². The van der Waals surface area contributed by atoms with Gasteiger partial charge in [-0.1, -0.05) is 42.5 Å². The maximum atomic E-state index is 12.7. The van der Waals surface area contributed by atoms with E-state index >= 15 is 0 Å². The topological polar surface area (TPSA) is 90.7 Å². The third-order valence-corrected chi connectivity index (χ3v) is 5.30. The van der Waals surface area contributed by atoms with Gasteiger partial charge in [-0.15, -0.1) is 16.8 Å². The lowest BCUT2D eigenvalue weighted by molar-refractivity contribution is -0.124. The van der Waals surface area contributed by atoms with Crippen LogP contribution in [-0.4, -0.2) is 37.9 Å². The van der Waals surface area contributed by atoms with Crippen molar-refractivity contribution in [1.29, 1.82) is 0 Å². The van der Waals surface area contributed by atoms with Crippen LogP contribution in [-0.2, 0) is 11.2 Å². The van der Waals surface area contributed by atoms with Gasteiger partial charge in [0, 0.05) is 12.1 Å². The monoisotopic (exact) mass is 387 g/mol. The number of nitrogens with zero attached hydrogens (tertiary/aromatic N) is 4. The molecule has 1 saturated heterocycles. The first kappa shape index (κ1) is 18.3. The van der Waals surface area contributed by atoms with E-state index in [1.807, 2.05) is 6.92 Å². The van der Waals surface area contributed by atoms with E-state index < -0.39 is 0 Å². The Labute approximate surface area is 159 Å². The van der Waals surface area contributed by atoms with Gasteiger partial charge in [-0.3, -0.25) is 4.79 Å². The number of amides is 1. The maximum absolute atomic E-state index is 12.7. The number of aliphatic imine (C=N–C) groups is 1. The Morgan fingerprint density at radius 3 is 2.88 bits per heavy atom. The van der Waals surface area contributed by atoms with Crippen molar-refractivity contribution in [3.8, 4) is 5.75 Å². The van der Waals surface area contributed by atoms with Crippen LogP contribution < -0.4 is 5.43 Å². The van der Waals surface area contributed by atoms with E-state index in [0.717, 1.165) is 11.4 Å². The molecule has 1 aliphatic rings. The molecule has 1 aliphatic heterocycles. The van der Waals surface area contributed by atoms with Gasteiger partial charge in [0.15, 0.2) is 5.17 Å². The molecular weight excluding hydrogens is 370 g/mol. The van der Waals surface area contributed by atoms with E-state index in [4.69, 9.17) is 0 Å². The van der Waals surface area contributed by atoms with E-state index in [-0.39, 0.29) is 11.7 Å². The highest BCUT2D eigenvalue weighted by Gasteiger charge is 2.34. The SMILES string of the molecule is C=CCNN1C(=O)/C(=C\c2ccccc2O)S/C1=N\c1nnc(CC)s1. The normalized spacial score (nSPS) is 17.4. The lowest BCUT2D eigenvalue weighted by atomic mass is 10.2. The number of phenolic OH excluding ortho intramolecular Hbond substituents is 1. The minimum absolute atomic E-state index is 0.112. The van der Waals surface area contributed by atoms with Crippen LogP contribution in [0.5, 0.6) is 5.75 Å². The molecule has 0 unspecified atom stereocenters. The van der Waals surface area contributed by atoms with Crippen molar-refractivity contribution in [2.45, 2.75) is 13.3 Å². The van der Waals surface area contributed by atoms with Crippen LogP contribution in [0.4, 0.5) is 5.13 Å². The number of hydrogen-bond acceptors (Lipinski definition) is 8. The van der Waals surface area contributed by atoms with Crippen LogP contribution in [0.15, 0.2) is 46.8 Å². The Balaban J connectivity index is 1.94. The standard InChI is InChI=1S/C17H17N5O2S2/c1-3-9-18-22-15(24)13(10-11-7-5-6-8-12(11)23)25-17(22)19-16-21-20-14(4-2)26-16/h3,5-8,10,18,23H,1,4,9H2,2H3/b13-10+,19-17-. The largest absolute Gasteiger partial charge is 0.507 e. The third kappa shape index (κ3) is 4.01. The lowest BCUT2D eigenvalue weighted by Gasteiger charge is -2.14. The minimum atomic E-state index is -0.251. The second-order valence-electron chi connectivity index (χ2n) is 5.19. The van der Waals surface area contributed by atoms with E-state index in [2.05, 4.69) is 27.2 Å². The molecule has 9 heteroatoms. The third-order valence-electron chi connectivity index (χ3n) is 3.37. The van der Waals surface area contributed by atoms with Crippen molar-refractivity contribution >= 4 is 45.4 Å². The summed E-state index contributed by atoms with van der Waals surface area (Å²) >= 11 is 2.60. The molecule has 0 radical (unpaired) electrons. The number of rotatable bonds is 6. The Hall–Kier alpha value is -2.49. The van der Waals surface area contributed by atoms with Crippen LogP contribution in [0.25, 0.3) is 6.08 Å². The first-order valence-corrected chi connectivity index (χ1v) is 9.53. The minimum Gasteiger partial charge on any atom is -0.507 e. The van der Waals surface area contributed by atoms with E-state index in [1.54, 1.807) is 36.4 Å². The summed E-state index contributed by atoms with van der Waals surface area (Å²) in [7, 11) is 0. The van der Waals surface area contributed by atoms with Gasteiger partial charge < -0.3 is 5.11 Å². The predicted octanol–water partition coefficient (Wildman–Crippen LogP) is 3.10. The average molecular weight is 387 g/mol. The number of aryl methyl sites for hydroxylation is 1. The molecule has 0 aliphatic carbocycles. The van der Waals surface area contributed by atoms with Crippen molar-refractivity contribution in [3.05, 3.63) is 52.4 Å². The molecule has 1 aromatic carbocycles. The van der Waals surface area contributed by atoms with Gasteiger partial charge in [0.05, 0.1) is 4.91 Å². The molecule has 1 aromatic heterocycles. The summed E-state index contributed by atoms with van der Waals surface area (Å²) in [4.78, 5) is 17.6. The molecule has 0 spiro atoms. The zero-order chi connectivity index (χ0) is 18.5. The summed E-state index contributed by atoms with van der Waals surface area (Å²) in [5.41, 5.74) is 3.54. The van der Waals surface area contributed by atoms with Gasteiger partial charge in [-0.25, -0.2) is 10.4 Å². The van der Waals surface area contributed by atoms with Crippen molar-refractivity contribution in [1.82, 2.24) is 20.6 Å². The van der Waals surface area contributed by atoms with Crippen molar-refractivity contribution < 1.29 is 9.90 Å². The molecule has 3 rings (SSSR count). The fraction of sp³-hybridized carbons (Fsp3) is 0.176. The summed E-state index contributed by atoms with van der Waals surface area (Å²) in [6, 6.07) is 6.84. The summed E-state index contributed by atoms with van der Waals surface area (Å²) in [5.74, 6) is -0.139. The first-order chi connectivity index (χ1) is 12.6. The number of benzene rings is 1. The van der Waals surface area contributed by atoms with Crippen LogP contribution in [0.1, 0.15) is 17.5 Å². The van der Waals surface area contributed by atoms with E-state index in [1.165, 1.54) is 28.1 Å². The van der Waals surface area contributed by atoms with Crippen LogP contribution in [0.2, 0.25) is 0 Å². The lowest BCUT2D eigenvalue weighted by Crippen LogP contribution is -2.41. The molecular formula is C17H17N5O2S2. The molecule has 2 N–H and O–H groups in total. The highest BCUT2D eigenvalue weighted by Crippen LogP contribution is 2.34. The van der Waals surface area contributed by atoms with Crippen molar-refractivity contribution in [2.75, 3.05) is 6.54 Å². The van der Waals surface area contributed by atoms with Crippen LogP contribution in [0, 0.1) is 0 Å². The molecule has 2 aromatic rings. The van der Waals surface area contributed by atoms with Gasteiger partial charge in [0.2, 0.25) is 5.13 Å². The molecule has 0 saturated carbocycles. The molecule has 1 amide bonds. The number of carbonyl (C=O) groups is 1. The number of hydrogen-bond donors (Lipinski definition) is 2. The Bertz CT molecular complexity index is 891. The summed E-state index contributed by atoms with van der Waals surface area (Å²) in [6.07, 6.45) is 4.08. The Kier molecular flexibility index (Phi) is 5.82.